The maximum atomic E-state index is 13.3. The maximum Gasteiger partial charge on any atom is 0.416 e. The van der Waals surface area contributed by atoms with Crippen LogP contribution in [0.5, 0.6) is 5.75 Å². The molecule has 4 rings (SSSR count). The number of rotatable bonds is 5. The van der Waals surface area contributed by atoms with Gasteiger partial charge in [0.2, 0.25) is 0 Å². The van der Waals surface area contributed by atoms with Gasteiger partial charge in [-0.15, -0.1) is 0 Å². The Morgan fingerprint density at radius 3 is 2.50 bits per heavy atom. The highest BCUT2D eigenvalue weighted by molar-refractivity contribution is 5.94. The monoisotopic (exact) mass is 471 g/mol. The van der Waals surface area contributed by atoms with E-state index in [1.165, 1.54) is 47.0 Å². The zero-order valence-corrected chi connectivity index (χ0v) is 17.7. The summed E-state index contributed by atoms with van der Waals surface area (Å²) < 4.78 is 58.2. The molecule has 0 radical (unpaired) electrons. The number of hydrogen-bond donors (Lipinski definition) is 1. The molecule has 0 atom stereocenters. The second-order valence-electron chi connectivity index (χ2n) is 7.37. The molecule has 174 valence electrons. The molecule has 0 spiro atoms. The summed E-state index contributed by atoms with van der Waals surface area (Å²) in [6.45, 7) is 1.11. The number of nitrogens with zero attached hydrogens (tertiary/aromatic N) is 2. The van der Waals surface area contributed by atoms with Gasteiger partial charge in [0.05, 0.1) is 22.2 Å². The first-order chi connectivity index (χ1) is 16.1. The molecule has 0 saturated carbocycles. The fourth-order valence-electron chi connectivity index (χ4n) is 3.38. The van der Waals surface area contributed by atoms with Gasteiger partial charge in [-0.05, 0) is 67.6 Å². The van der Waals surface area contributed by atoms with Crippen molar-refractivity contribution in [2.24, 2.45) is 0 Å². The number of anilines is 1. The Balaban J connectivity index is 1.54. The highest BCUT2D eigenvalue weighted by atomic mass is 19.4. The SMILES string of the molecule is Cc1nc2ccc(NC(=O)COc3cccc(C(F)(F)F)c3)cc2c(=O)n1-c1ccc(F)cc1. The van der Waals surface area contributed by atoms with E-state index in [-0.39, 0.29) is 16.8 Å². The minimum absolute atomic E-state index is 0.106. The zero-order chi connectivity index (χ0) is 24.5. The number of carbonyl (C=O) groups excluding carboxylic acids is 1. The normalized spacial score (nSPS) is 11.4. The Hall–Kier alpha value is -4.21. The van der Waals surface area contributed by atoms with E-state index in [9.17, 15) is 27.2 Å². The van der Waals surface area contributed by atoms with Gasteiger partial charge in [0, 0.05) is 5.69 Å². The molecule has 0 aliphatic rings. The van der Waals surface area contributed by atoms with Crippen LogP contribution in [-0.4, -0.2) is 22.1 Å². The number of carbonyl (C=O) groups is 1. The number of fused-ring (bicyclic) bond motifs is 1. The number of ether oxygens (including phenoxy) is 1. The van der Waals surface area contributed by atoms with Gasteiger partial charge in [0.25, 0.3) is 11.5 Å². The van der Waals surface area contributed by atoms with E-state index in [4.69, 9.17) is 4.74 Å². The van der Waals surface area contributed by atoms with Crippen LogP contribution in [0, 0.1) is 12.7 Å². The Morgan fingerprint density at radius 1 is 1.06 bits per heavy atom. The van der Waals surface area contributed by atoms with Gasteiger partial charge in [-0.3, -0.25) is 14.2 Å². The number of amides is 1. The molecule has 1 N–H and O–H groups in total. The summed E-state index contributed by atoms with van der Waals surface area (Å²) in [6.07, 6.45) is -4.53. The molecule has 4 aromatic rings. The topological polar surface area (TPSA) is 73.2 Å². The molecule has 0 unspecified atom stereocenters. The van der Waals surface area contributed by atoms with E-state index >= 15 is 0 Å². The van der Waals surface area contributed by atoms with Crippen LogP contribution >= 0.6 is 0 Å². The van der Waals surface area contributed by atoms with Crippen LogP contribution in [0.1, 0.15) is 11.4 Å². The van der Waals surface area contributed by atoms with Crippen LogP contribution in [-0.2, 0) is 11.0 Å². The van der Waals surface area contributed by atoms with Gasteiger partial charge in [-0.25, -0.2) is 9.37 Å². The summed E-state index contributed by atoms with van der Waals surface area (Å²) in [7, 11) is 0. The number of aromatic nitrogens is 2. The summed E-state index contributed by atoms with van der Waals surface area (Å²) in [5.41, 5.74) is -0.189. The van der Waals surface area contributed by atoms with Gasteiger partial charge in [0.15, 0.2) is 6.61 Å². The van der Waals surface area contributed by atoms with Gasteiger partial charge in [0.1, 0.15) is 17.4 Å². The summed E-state index contributed by atoms with van der Waals surface area (Å²) in [4.78, 5) is 29.8. The van der Waals surface area contributed by atoms with E-state index in [0.29, 0.717) is 17.0 Å². The second-order valence-corrected chi connectivity index (χ2v) is 7.37. The first-order valence-electron chi connectivity index (χ1n) is 10.0. The molecule has 3 aromatic carbocycles. The van der Waals surface area contributed by atoms with E-state index in [2.05, 4.69) is 10.3 Å². The van der Waals surface area contributed by atoms with Crippen molar-refractivity contribution in [1.82, 2.24) is 9.55 Å². The Labute approximate surface area is 190 Å². The van der Waals surface area contributed by atoms with E-state index in [0.717, 1.165) is 12.1 Å². The lowest BCUT2D eigenvalue weighted by molar-refractivity contribution is -0.137. The smallest absolute Gasteiger partial charge is 0.416 e. The molecular formula is C24H17F4N3O3. The molecule has 1 amide bonds. The third-order valence-electron chi connectivity index (χ3n) is 4.94. The lowest BCUT2D eigenvalue weighted by Gasteiger charge is -2.12. The van der Waals surface area contributed by atoms with Crippen molar-refractivity contribution in [3.63, 3.8) is 0 Å². The molecular weight excluding hydrogens is 454 g/mol. The maximum absolute atomic E-state index is 13.3. The molecule has 0 aliphatic heterocycles. The summed E-state index contributed by atoms with van der Waals surface area (Å²) in [5, 5.41) is 2.76. The van der Waals surface area contributed by atoms with Crippen LogP contribution in [0.2, 0.25) is 0 Å². The standard InChI is InChI=1S/C24H17F4N3O3/c1-14-29-21-10-7-17(12-20(21)23(33)31(14)18-8-5-16(25)6-9-18)30-22(32)13-34-19-4-2-3-15(11-19)24(26,27)28/h2-12H,13H2,1H3,(H,30,32). The number of nitrogens with one attached hydrogen (secondary N) is 1. The highest BCUT2D eigenvalue weighted by Crippen LogP contribution is 2.31. The van der Waals surface area contributed by atoms with Gasteiger partial charge in [-0.2, -0.15) is 13.2 Å². The average molecular weight is 471 g/mol. The van der Waals surface area contributed by atoms with Gasteiger partial charge < -0.3 is 10.1 Å². The van der Waals surface area contributed by atoms with Crippen molar-refractivity contribution in [2.75, 3.05) is 11.9 Å². The van der Waals surface area contributed by atoms with Crippen LogP contribution in [0.15, 0.2) is 71.5 Å². The predicted octanol–water partition coefficient (Wildman–Crippen LogP) is 4.87. The predicted molar refractivity (Wildman–Crippen MR) is 118 cm³/mol. The first-order valence-corrected chi connectivity index (χ1v) is 10.0. The summed E-state index contributed by atoms with van der Waals surface area (Å²) in [6, 6.07) is 14.1. The minimum atomic E-state index is -4.53. The van der Waals surface area contributed by atoms with Crippen LogP contribution in [0.4, 0.5) is 23.2 Å². The molecule has 0 fully saturated rings. The molecule has 1 heterocycles. The second kappa shape index (κ2) is 8.97. The number of hydrogen-bond acceptors (Lipinski definition) is 4. The Morgan fingerprint density at radius 2 is 1.79 bits per heavy atom. The van der Waals surface area contributed by atoms with Crippen LogP contribution in [0.3, 0.4) is 0 Å². The number of halogens is 4. The Bertz CT molecular complexity index is 1430. The van der Waals surface area contributed by atoms with Gasteiger partial charge >= 0.3 is 6.18 Å². The summed E-state index contributed by atoms with van der Waals surface area (Å²) in [5.74, 6) is -0.781. The van der Waals surface area contributed by atoms with E-state index < -0.39 is 35.6 Å². The van der Waals surface area contributed by atoms with Crippen molar-refractivity contribution in [2.45, 2.75) is 13.1 Å². The number of benzene rings is 3. The lowest BCUT2D eigenvalue weighted by Crippen LogP contribution is -2.23. The fraction of sp³-hybridized carbons (Fsp3) is 0.125. The largest absolute Gasteiger partial charge is 0.484 e. The summed E-state index contributed by atoms with van der Waals surface area (Å²) >= 11 is 0. The third kappa shape index (κ3) is 4.90. The quantitative estimate of drug-likeness (QED) is 0.422. The molecule has 1 aromatic heterocycles. The Kier molecular flexibility index (Phi) is 6.06. The molecule has 0 aliphatic carbocycles. The van der Waals surface area contributed by atoms with Crippen molar-refractivity contribution in [3.05, 3.63) is 94.3 Å². The average Bonchev–Trinajstić information content (AvgIpc) is 2.79. The molecule has 10 heteroatoms. The van der Waals surface area contributed by atoms with Crippen LogP contribution < -0.4 is 15.6 Å². The van der Waals surface area contributed by atoms with Crippen molar-refractivity contribution < 1.29 is 27.1 Å². The third-order valence-corrected chi connectivity index (χ3v) is 4.94. The highest BCUT2D eigenvalue weighted by Gasteiger charge is 2.30. The zero-order valence-electron chi connectivity index (χ0n) is 17.7. The first kappa shape index (κ1) is 23.0. The van der Waals surface area contributed by atoms with E-state index in [1.807, 2.05) is 0 Å². The molecule has 34 heavy (non-hydrogen) atoms. The van der Waals surface area contributed by atoms with Crippen molar-refractivity contribution in [1.29, 1.82) is 0 Å². The number of aryl methyl sites for hydroxylation is 1. The molecule has 0 saturated heterocycles. The van der Waals surface area contributed by atoms with Gasteiger partial charge in [-0.1, -0.05) is 6.07 Å². The minimum Gasteiger partial charge on any atom is -0.484 e. The number of alkyl halides is 3. The fourth-order valence-corrected chi connectivity index (χ4v) is 3.38. The molecule has 6 nitrogen and oxygen atoms in total. The van der Waals surface area contributed by atoms with Crippen LogP contribution in [0.25, 0.3) is 16.6 Å². The molecule has 0 bridgehead atoms. The van der Waals surface area contributed by atoms with E-state index in [1.54, 1.807) is 19.1 Å². The lowest BCUT2D eigenvalue weighted by atomic mass is 10.2. The van der Waals surface area contributed by atoms with Crippen molar-refractivity contribution in [3.8, 4) is 11.4 Å². The van der Waals surface area contributed by atoms with Crippen molar-refractivity contribution >= 4 is 22.5 Å².